The van der Waals surface area contributed by atoms with Gasteiger partial charge in [0.25, 0.3) is 0 Å². The van der Waals surface area contributed by atoms with Gasteiger partial charge in [-0.15, -0.1) is 0 Å². The standard InChI is InChI=1S/C21H42.2CH4/c1-15-9-16(2)11-18(4)13-20(6)21(7,8)14-19(5)12-17(3)10-15;;/h15-20H,9-14H2,1-8H3;2*1H4. The molecule has 0 N–H and O–H groups in total. The summed E-state index contributed by atoms with van der Waals surface area (Å²) in [4.78, 5) is 0. The van der Waals surface area contributed by atoms with Gasteiger partial charge < -0.3 is 0 Å². The van der Waals surface area contributed by atoms with E-state index in [9.17, 15) is 0 Å². The second-order valence-corrected chi connectivity index (χ2v) is 9.80. The minimum absolute atomic E-state index is 0. The minimum Gasteiger partial charge on any atom is -0.0776 e. The van der Waals surface area contributed by atoms with E-state index in [4.69, 9.17) is 0 Å². The Morgan fingerprint density at radius 3 is 1.22 bits per heavy atom. The van der Waals surface area contributed by atoms with Crippen molar-refractivity contribution in [2.75, 3.05) is 0 Å². The molecule has 1 aliphatic carbocycles. The monoisotopic (exact) mass is 326 g/mol. The molecule has 1 aliphatic rings. The highest BCUT2D eigenvalue weighted by molar-refractivity contribution is 4.81. The van der Waals surface area contributed by atoms with Gasteiger partial charge in [-0.3, -0.25) is 0 Å². The first-order valence-electron chi connectivity index (χ1n) is 9.60. The van der Waals surface area contributed by atoms with E-state index in [0.717, 1.165) is 35.5 Å². The molecule has 0 aliphatic heterocycles. The van der Waals surface area contributed by atoms with Crippen molar-refractivity contribution >= 4 is 0 Å². The second kappa shape index (κ2) is 10.8. The van der Waals surface area contributed by atoms with Gasteiger partial charge in [-0.1, -0.05) is 70.2 Å². The average molecular weight is 327 g/mol. The predicted molar refractivity (Wildman–Crippen MR) is 110 cm³/mol. The molecule has 0 amide bonds. The van der Waals surface area contributed by atoms with Crippen LogP contribution in [0.3, 0.4) is 0 Å². The van der Waals surface area contributed by atoms with Crippen molar-refractivity contribution in [1.29, 1.82) is 0 Å². The van der Waals surface area contributed by atoms with Crippen molar-refractivity contribution in [2.45, 2.75) is 109 Å². The molecule has 0 heteroatoms. The SMILES string of the molecule is C.C.CC1CC(C)CC(C)CC(C)C(C)(C)CC(C)CC(C)C1. The molecule has 0 bridgehead atoms. The lowest BCUT2D eigenvalue weighted by atomic mass is 9.69. The number of rotatable bonds is 0. The first kappa shape index (κ1) is 25.2. The molecule has 6 atom stereocenters. The van der Waals surface area contributed by atoms with Crippen LogP contribution in [0, 0.1) is 40.9 Å². The molecule has 0 aromatic carbocycles. The van der Waals surface area contributed by atoms with Gasteiger partial charge in [0, 0.05) is 0 Å². The van der Waals surface area contributed by atoms with Crippen LogP contribution in [0.1, 0.15) is 109 Å². The van der Waals surface area contributed by atoms with Crippen LogP contribution in [0.25, 0.3) is 0 Å². The van der Waals surface area contributed by atoms with Gasteiger partial charge >= 0.3 is 0 Å². The van der Waals surface area contributed by atoms with E-state index in [1.54, 1.807) is 0 Å². The smallest absolute Gasteiger partial charge is 0.0326 e. The molecule has 0 heterocycles. The first-order chi connectivity index (χ1) is 9.60. The van der Waals surface area contributed by atoms with Crippen molar-refractivity contribution in [3.8, 4) is 0 Å². The largest absolute Gasteiger partial charge is 0.0776 e. The van der Waals surface area contributed by atoms with E-state index in [-0.39, 0.29) is 14.9 Å². The number of hydrogen-bond donors (Lipinski definition) is 0. The Balaban J connectivity index is 0. The molecule has 0 aromatic heterocycles. The van der Waals surface area contributed by atoms with Crippen LogP contribution < -0.4 is 0 Å². The molecular weight excluding hydrogens is 276 g/mol. The van der Waals surface area contributed by atoms with E-state index < -0.39 is 0 Å². The predicted octanol–water partition coefficient (Wildman–Crippen LogP) is 8.46. The van der Waals surface area contributed by atoms with Crippen molar-refractivity contribution in [3.63, 3.8) is 0 Å². The lowest BCUT2D eigenvalue weighted by Crippen LogP contribution is -2.26. The highest BCUT2D eigenvalue weighted by atomic mass is 14.4. The summed E-state index contributed by atoms with van der Waals surface area (Å²) in [7, 11) is 0. The fourth-order valence-corrected chi connectivity index (χ4v) is 5.24. The Bertz CT molecular complexity index is 290. The Morgan fingerprint density at radius 1 is 0.522 bits per heavy atom. The second-order valence-electron chi connectivity index (χ2n) is 9.80. The molecule has 0 aromatic rings. The third kappa shape index (κ3) is 9.16. The van der Waals surface area contributed by atoms with E-state index >= 15 is 0 Å². The lowest BCUT2D eigenvalue weighted by molar-refractivity contribution is 0.142. The minimum atomic E-state index is 0. The third-order valence-electron chi connectivity index (χ3n) is 6.18. The zero-order valence-electron chi connectivity index (χ0n) is 16.2. The molecule has 1 saturated carbocycles. The van der Waals surface area contributed by atoms with Crippen LogP contribution >= 0.6 is 0 Å². The number of hydrogen-bond acceptors (Lipinski definition) is 0. The van der Waals surface area contributed by atoms with Crippen LogP contribution in [-0.4, -0.2) is 0 Å². The highest BCUT2D eigenvalue weighted by Crippen LogP contribution is 2.41. The van der Waals surface area contributed by atoms with Gasteiger partial charge in [-0.25, -0.2) is 0 Å². The summed E-state index contributed by atoms with van der Waals surface area (Å²) in [5.41, 5.74) is 0.496. The summed E-state index contributed by atoms with van der Waals surface area (Å²) in [6.45, 7) is 19.9. The maximum absolute atomic E-state index is 2.51. The van der Waals surface area contributed by atoms with Crippen LogP contribution in [0.4, 0.5) is 0 Å². The van der Waals surface area contributed by atoms with Gasteiger partial charge in [-0.05, 0) is 79.4 Å². The van der Waals surface area contributed by atoms with Crippen LogP contribution in [0.15, 0.2) is 0 Å². The zero-order chi connectivity index (χ0) is 16.2. The lowest BCUT2D eigenvalue weighted by Gasteiger charge is -2.36. The first-order valence-corrected chi connectivity index (χ1v) is 9.60. The van der Waals surface area contributed by atoms with Gasteiger partial charge in [0.05, 0.1) is 0 Å². The maximum atomic E-state index is 2.51. The Labute approximate surface area is 150 Å². The molecule has 1 fully saturated rings. The van der Waals surface area contributed by atoms with E-state index in [1.807, 2.05) is 0 Å². The van der Waals surface area contributed by atoms with Gasteiger partial charge in [0.2, 0.25) is 0 Å². The van der Waals surface area contributed by atoms with Crippen molar-refractivity contribution < 1.29 is 0 Å². The van der Waals surface area contributed by atoms with Crippen molar-refractivity contribution in [3.05, 3.63) is 0 Å². The Morgan fingerprint density at radius 2 is 0.826 bits per heavy atom. The fraction of sp³-hybridized carbons (Fsp3) is 1.00. The Hall–Kier alpha value is 0. The maximum Gasteiger partial charge on any atom is -0.0326 e. The summed E-state index contributed by atoms with van der Waals surface area (Å²) in [5, 5.41) is 0. The zero-order valence-corrected chi connectivity index (χ0v) is 16.2. The molecular formula is C23H50. The van der Waals surface area contributed by atoms with Crippen molar-refractivity contribution in [1.82, 2.24) is 0 Å². The molecule has 23 heavy (non-hydrogen) atoms. The molecule has 6 unspecified atom stereocenters. The molecule has 1 rings (SSSR count). The normalized spacial score (nSPS) is 39.7. The molecule has 0 nitrogen and oxygen atoms in total. The molecule has 0 radical (unpaired) electrons. The molecule has 0 spiro atoms. The summed E-state index contributed by atoms with van der Waals surface area (Å²) >= 11 is 0. The van der Waals surface area contributed by atoms with Gasteiger partial charge in [-0.2, -0.15) is 0 Å². The van der Waals surface area contributed by atoms with E-state index in [0.29, 0.717) is 5.41 Å². The van der Waals surface area contributed by atoms with Crippen LogP contribution in [0.2, 0.25) is 0 Å². The summed E-state index contributed by atoms with van der Waals surface area (Å²) in [6, 6.07) is 0. The van der Waals surface area contributed by atoms with Crippen LogP contribution in [0.5, 0.6) is 0 Å². The van der Waals surface area contributed by atoms with Gasteiger partial charge in [0.15, 0.2) is 0 Å². The Kier molecular flexibility index (Phi) is 11.8. The summed E-state index contributed by atoms with van der Waals surface area (Å²) < 4.78 is 0. The van der Waals surface area contributed by atoms with E-state index in [1.165, 1.54) is 38.5 Å². The quantitative estimate of drug-likeness (QED) is 0.419. The highest BCUT2D eigenvalue weighted by Gasteiger charge is 2.30. The summed E-state index contributed by atoms with van der Waals surface area (Å²) in [5.74, 6) is 5.30. The van der Waals surface area contributed by atoms with Crippen LogP contribution in [-0.2, 0) is 0 Å². The van der Waals surface area contributed by atoms with Gasteiger partial charge in [0.1, 0.15) is 0 Å². The average Bonchev–Trinajstić information content (AvgIpc) is 2.24. The third-order valence-corrected chi connectivity index (χ3v) is 6.18. The van der Waals surface area contributed by atoms with E-state index in [2.05, 4.69) is 55.4 Å². The topological polar surface area (TPSA) is 0 Å². The van der Waals surface area contributed by atoms with Crippen molar-refractivity contribution in [2.24, 2.45) is 40.9 Å². The molecule has 142 valence electrons. The summed E-state index contributed by atoms with van der Waals surface area (Å²) in [6.07, 6.45) is 8.52. The molecule has 0 saturated heterocycles. The fourth-order valence-electron chi connectivity index (χ4n) is 5.24.